The SMILES string of the molecule is O=C(O)CC(Cl)Cl.[Tl]. The Kier molecular flexibility index (Phi) is 8.94. The summed E-state index contributed by atoms with van der Waals surface area (Å²) in [5.41, 5.74) is 0. The molecular weight excluding hydrogens is 343 g/mol. The summed E-state index contributed by atoms with van der Waals surface area (Å²) in [5.74, 6) is -0.977. The Bertz CT molecular complexity index is 75.7. The van der Waals surface area contributed by atoms with Crippen molar-refractivity contribution in [2.45, 2.75) is 11.3 Å². The number of carboxylic acid groups (broad SMARTS) is 1. The third kappa shape index (κ3) is 10.1. The van der Waals surface area contributed by atoms with Crippen LogP contribution in [0.1, 0.15) is 6.42 Å². The molecule has 0 aliphatic rings. The van der Waals surface area contributed by atoms with Gasteiger partial charge >= 0.3 is 5.97 Å². The second-order valence-corrected chi connectivity index (χ2v) is 2.27. The third-order valence-electron chi connectivity index (χ3n) is 0.329. The molecule has 1 radical (unpaired) electrons. The summed E-state index contributed by atoms with van der Waals surface area (Å²) in [7, 11) is 0. The summed E-state index contributed by atoms with van der Waals surface area (Å²) in [6.07, 6.45) is -0.191. The zero-order chi connectivity index (χ0) is 5.86. The molecule has 0 atom stereocenters. The summed E-state index contributed by atoms with van der Waals surface area (Å²) in [6.45, 7) is 0. The van der Waals surface area contributed by atoms with Crippen LogP contribution >= 0.6 is 23.2 Å². The van der Waals surface area contributed by atoms with E-state index in [1.807, 2.05) is 0 Å². The summed E-state index contributed by atoms with van der Waals surface area (Å²) in [5, 5.41) is 7.92. The number of aliphatic carboxylic acids is 1. The fraction of sp³-hybridized carbons (Fsp3) is 0.667. The van der Waals surface area contributed by atoms with E-state index in [-0.39, 0.29) is 33.7 Å². The molecule has 0 spiro atoms. The first kappa shape index (κ1) is 11.7. The minimum Gasteiger partial charge on any atom is -0.481 e. The average molecular weight is 347 g/mol. The number of rotatable bonds is 2. The summed E-state index contributed by atoms with van der Waals surface area (Å²) in [4.78, 5) is 8.86. The molecule has 1 N–H and O–H groups in total. The van der Waals surface area contributed by atoms with Gasteiger partial charge in [0.25, 0.3) is 0 Å². The van der Waals surface area contributed by atoms with E-state index in [0.717, 1.165) is 0 Å². The predicted octanol–water partition coefficient (Wildman–Crippen LogP) is 0.884. The largest absolute Gasteiger partial charge is 0.481 e. The van der Waals surface area contributed by atoms with Gasteiger partial charge in [-0.2, -0.15) is 0 Å². The molecule has 0 bridgehead atoms. The Hall–Kier alpha value is 0.972. The first-order valence-corrected chi connectivity index (χ1v) is 2.50. The van der Waals surface area contributed by atoms with Crippen LogP contribution in [0.15, 0.2) is 0 Å². The number of hydrogen-bond donors (Lipinski definition) is 1. The van der Waals surface area contributed by atoms with E-state index in [1.54, 1.807) is 0 Å². The summed E-state index contributed by atoms with van der Waals surface area (Å²) in [6, 6.07) is 0. The van der Waals surface area contributed by atoms with Crippen molar-refractivity contribution >= 4 is 56.5 Å². The second-order valence-electron chi connectivity index (χ2n) is 0.989. The Morgan fingerprint density at radius 2 is 2.00 bits per heavy atom. The van der Waals surface area contributed by atoms with Crippen LogP contribution in [0, 0.1) is 0 Å². The molecule has 0 rings (SSSR count). The van der Waals surface area contributed by atoms with E-state index in [1.165, 1.54) is 0 Å². The van der Waals surface area contributed by atoms with Crippen LogP contribution in [-0.4, -0.2) is 43.2 Å². The van der Waals surface area contributed by atoms with Crippen molar-refractivity contribution in [2.24, 2.45) is 0 Å². The van der Waals surface area contributed by atoms with Crippen LogP contribution in [0.3, 0.4) is 0 Å². The maximum absolute atomic E-state index is 9.64. The summed E-state index contributed by atoms with van der Waals surface area (Å²) < 4.78 is 0. The minimum atomic E-state index is -0.977. The maximum Gasteiger partial charge on any atom is 0.306 e. The van der Waals surface area contributed by atoms with E-state index in [9.17, 15) is 4.79 Å². The quantitative estimate of drug-likeness (QED) is 0.595. The molecule has 0 aliphatic carbocycles. The molecule has 0 amide bonds. The smallest absolute Gasteiger partial charge is 0.306 e. The Balaban J connectivity index is 0. The Labute approximate surface area is 77.3 Å². The molecule has 0 fully saturated rings. The maximum atomic E-state index is 9.64. The van der Waals surface area contributed by atoms with Gasteiger partial charge in [-0.1, -0.05) is 0 Å². The van der Waals surface area contributed by atoms with E-state index in [2.05, 4.69) is 0 Å². The van der Waals surface area contributed by atoms with Gasteiger partial charge in [-0.3, -0.25) is 4.79 Å². The molecule has 0 unspecified atom stereocenters. The molecule has 8 heavy (non-hydrogen) atoms. The van der Waals surface area contributed by atoms with Crippen LogP contribution < -0.4 is 0 Å². The molecule has 0 aromatic heterocycles. The van der Waals surface area contributed by atoms with E-state index in [0.29, 0.717) is 0 Å². The van der Waals surface area contributed by atoms with Crippen molar-refractivity contribution in [3.63, 3.8) is 0 Å². The van der Waals surface area contributed by atoms with E-state index in [4.69, 9.17) is 28.3 Å². The molecule has 0 heterocycles. The van der Waals surface area contributed by atoms with E-state index >= 15 is 0 Å². The third-order valence-corrected chi connectivity index (χ3v) is 0.638. The summed E-state index contributed by atoms with van der Waals surface area (Å²) >= 11 is 10.1. The molecule has 0 saturated carbocycles. The molecule has 2 nitrogen and oxygen atoms in total. The second kappa shape index (κ2) is 6.10. The van der Waals surface area contributed by atoms with Gasteiger partial charge in [0.2, 0.25) is 0 Å². The van der Waals surface area contributed by atoms with E-state index < -0.39 is 10.8 Å². The number of carbonyl (C=O) groups is 1. The number of alkyl halides is 2. The number of hydrogen-bond acceptors (Lipinski definition) is 1. The standard InChI is InChI=1S/C3H4Cl2O2.Tl/c4-2(5)1-3(6)7;/h2H,1H2,(H,6,7);. The fourth-order valence-electron chi connectivity index (χ4n) is 0.132. The van der Waals surface area contributed by atoms with Gasteiger partial charge in [0.05, 0.1) is 6.42 Å². The van der Waals surface area contributed by atoms with Crippen molar-refractivity contribution < 1.29 is 9.90 Å². The van der Waals surface area contributed by atoms with Gasteiger partial charge in [-0.25, -0.2) is 0 Å². The Morgan fingerprint density at radius 1 is 1.62 bits per heavy atom. The van der Waals surface area contributed by atoms with Gasteiger partial charge in [0, 0.05) is 27.3 Å². The van der Waals surface area contributed by atoms with Crippen molar-refractivity contribution in [3.8, 4) is 0 Å². The molecular formula is C3H4Cl2O2Tl. The zero-order valence-electron chi connectivity index (χ0n) is 3.97. The van der Waals surface area contributed by atoms with Crippen LogP contribution in [0.2, 0.25) is 0 Å². The van der Waals surface area contributed by atoms with Crippen molar-refractivity contribution in [1.29, 1.82) is 0 Å². The van der Waals surface area contributed by atoms with Gasteiger partial charge in [0.1, 0.15) is 4.84 Å². The first-order valence-electron chi connectivity index (χ1n) is 1.63. The van der Waals surface area contributed by atoms with Gasteiger partial charge in [-0.15, -0.1) is 23.2 Å². The topological polar surface area (TPSA) is 37.3 Å². The van der Waals surface area contributed by atoms with Gasteiger partial charge in [-0.05, 0) is 0 Å². The van der Waals surface area contributed by atoms with Gasteiger partial charge < -0.3 is 5.11 Å². The predicted molar refractivity (Wildman–Crippen MR) is 33.5 cm³/mol. The molecule has 0 saturated heterocycles. The van der Waals surface area contributed by atoms with Crippen LogP contribution in [0.25, 0.3) is 0 Å². The normalized spacial score (nSPS) is 8.38. The molecule has 5 heteroatoms. The number of carboxylic acids is 1. The van der Waals surface area contributed by atoms with Crippen molar-refractivity contribution in [3.05, 3.63) is 0 Å². The molecule has 45 valence electrons. The van der Waals surface area contributed by atoms with Crippen LogP contribution in [0.5, 0.6) is 0 Å². The molecule has 0 aromatic rings. The average Bonchev–Trinajstić information content (AvgIpc) is 1.27. The Morgan fingerprint density at radius 3 is 2.00 bits per heavy atom. The zero-order valence-corrected chi connectivity index (χ0v) is 9.97. The molecule has 0 aliphatic heterocycles. The van der Waals surface area contributed by atoms with Gasteiger partial charge in [0.15, 0.2) is 0 Å². The van der Waals surface area contributed by atoms with Crippen LogP contribution in [-0.2, 0) is 4.79 Å². The van der Waals surface area contributed by atoms with Crippen molar-refractivity contribution in [2.75, 3.05) is 0 Å². The monoisotopic (exact) mass is 347 g/mol. The van der Waals surface area contributed by atoms with Crippen LogP contribution in [0.4, 0.5) is 0 Å². The fourth-order valence-corrected chi connectivity index (χ4v) is 0.396. The minimum absolute atomic E-state index is 0. The number of halogens is 2. The first-order chi connectivity index (χ1) is 3.13. The van der Waals surface area contributed by atoms with Crippen molar-refractivity contribution in [1.82, 2.24) is 0 Å². The molecule has 0 aromatic carbocycles.